The second-order valence-corrected chi connectivity index (χ2v) is 3.53. The number of nitrogens with zero attached hydrogens (tertiary/aromatic N) is 1. The average molecular weight is 249 g/mol. The summed E-state index contributed by atoms with van der Waals surface area (Å²) < 4.78 is 0. The van der Waals surface area contributed by atoms with Gasteiger partial charge in [0, 0.05) is 24.8 Å². The smallest absolute Gasteiger partial charge is 0.0414 e. The van der Waals surface area contributed by atoms with Crippen LogP contribution in [-0.2, 0) is 0 Å². The molecular formula is C11H18Cl2N2. The van der Waals surface area contributed by atoms with Gasteiger partial charge in [0.2, 0.25) is 0 Å². The second kappa shape index (κ2) is 6.21. The molecule has 86 valence electrons. The highest BCUT2D eigenvalue weighted by atomic mass is 35.5. The maximum absolute atomic E-state index is 6.04. The van der Waals surface area contributed by atoms with Crippen LogP contribution in [0.2, 0.25) is 0 Å². The Bertz CT molecular complexity index is 304. The minimum Gasteiger partial charge on any atom is -0.371 e. The Balaban J connectivity index is 0.000000980. The molecule has 0 fully saturated rings. The molecular weight excluding hydrogens is 231 g/mol. The van der Waals surface area contributed by atoms with Crippen molar-refractivity contribution in [1.29, 1.82) is 0 Å². The topological polar surface area (TPSA) is 29.3 Å². The van der Waals surface area contributed by atoms with E-state index in [-0.39, 0.29) is 30.9 Å². The van der Waals surface area contributed by atoms with Crippen molar-refractivity contribution in [3.05, 3.63) is 29.8 Å². The first kappa shape index (κ1) is 14.6. The molecule has 0 aliphatic carbocycles. The number of para-hydroxylation sites is 1. The highest BCUT2D eigenvalue weighted by molar-refractivity contribution is 5.85. The lowest BCUT2D eigenvalue weighted by molar-refractivity contribution is 0.598. The van der Waals surface area contributed by atoms with Gasteiger partial charge in [0.15, 0.2) is 0 Å². The van der Waals surface area contributed by atoms with Crippen molar-refractivity contribution < 1.29 is 0 Å². The van der Waals surface area contributed by atoms with E-state index >= 15 is 0 Å². The van der Waals surface area contributed by atoms with Crippen molar-refractivity contribution in [3.8, 4) is 0 Å². The van der Waals surface area contributed by atoms with E-state index in [4.69, 9.17) is 5.73 Å². The van der Waals surface area contributed by atoms with Crippen LogP contribution in [0, 0.1) is 0 Å². The molecule has 0 saturated heterocycles. The zero-order chi connectivity index (χ0) is 9.26. The van der Waals surface area contributed by atoms with Crippen LogP contribution < -0.4 is 10.6 Å². The normalized spacial score (nSPS) is 18.5. The molecule has 1 atom stereocenters. The highest BCUT2D eigenvalue weighted by Crippen LogP contribution is 2.31. The van der Waals surface area contributed by atoms with E-state index < -0.39 is 0 Å². The Morgan fingerprint density at radius 2 is 2.00 bits per heavy atom. The molecule has 2 N–H and O–H groups in total. The van der Waals surface area contributed by atoms with Crippen molar-refractivity contribution in [2.24, 2.45) is 5.73 Å². The molecule has 1 heterocycles. The molecule has 1 aromatic carbocycles. The minimum absolute atomic E-state index is 0. The molecule has 1 unspecified atom stereocenters. The monoisotopic (exact) mass is 248 g/mol. The van der Waals surface area contributed by atoms with Gasteiger partial charge in [-0.25, -0.2) is 0 Å². The standard InChI is InChI=1S/C11H16N2.2ClH/c1-2-13-8-7-10(12)9-5-3-4-6-11(9)13;;/h3-6,10H,2,7-8,12H2,1H3;2*1H. The van der Waals surface area contributed by atoms with E-state index in [1.165, 1.54) is 11.3 Å². The Kier molecular flexibility index (Phi) is 6.03. The third-order valence-electron chi connectivity index (χ3n) is 2.77. The van der Waals surface area contributed by atoms with Crippen LogP contribution in [0.25, 0.3) is 0 Å². The first-order valence-corrected chi connectivity index (χ1v) is 4.92. The zero-order valence-electron chi connectivity index (χ0n) is 8.85. The first-order chi connectivity index (χ1) is 6.33. The maximum atomic E-state index is 6.04. The molecule has 2 rings (SSSR count). The van der Waals surface area contributed by atoms with E-state index in [0.29, 0.717) is 0 Å². The number of benzene rings is 1. The molecule has 2 nitrogen and oxygen atoms in total. The predicted octanol–water partition coefficient (Wildman–Crippen LogP) is 2.76. The Morgan fingerprint density at radius 1 is 1.33 bits per heavy atom. The van der Waals surface area contributed by atoms with Gasteiger partial charge < -0.3 is 10.6 Å². The lowest BCUT2D eigenvalue weighted by Crippen LogP contribution is -2.33. The van der Waals surface area contributed by atoms with Crippen LogP contribution in [0.5, 0.6) is 0 Å². The number of anilines is 1. The van der Waals surface area contributed by atoms with Gasteiger partial charge in [-0.05, 0) is 25.0 Å². The molecule has 4 heteroatoms. The van der Waals surface area contributed by atoms with Crippen LogP contribution >= 0.6 is 24.8 Å². The number of hydrogen-bond donors (Lipinski definition) is 1. The Labute approximate surface area is 104 Å². The molecule has 1 aliphatic rings. The van der Waals surface area contributed by atoms with Crippen molar-refractivity contribution in [2.45, 2.75) is 19.4 Å². The van der Waals surface area contributed by atoms with Gasteiger partial charge in [0.1, 0.15) is 0 Å². The zero-order valence-corrected chi connectivity index (χ0v) is 10.5. The SMILES string of the molecule is CCN1CCC(N)c2ccccc21.Cl.Cl. The highest BCUT2D eigenvalue weighted by Gasteiger charge is 2.20. The van der Waals surface area contributed by atoms with Crippen molar-refractivity contribution >= 4 is 30.5 Å². The summed E-state index contributed by atoms with van der Waals surface area (Å²) in [5.74, 6) is 0. The van der Waals surface area contributed by atoms with Crippen LogP contribution in [0.1, 0.15) is 24.9 Å². The van der Waals surface area contributed by atoms with Gasteiger partial charge in [-0.1, -0.05) is 18.2 Å². The molecule has 1 aliphatic heterocycles. The van der Waals surface area contributed by atoms with Crippen LogP contribution in [0.15, 0.2) is 24.3 Å². The van der Waals surface area contributed by atoms with E-state index in [9.17, 15) is 0 Å². The second-order valence-electron chi connectivity index (χ2n) is 3.53. The summed E-state index contributed by atoms with van der Waals surface area (Å²) in [7, 11) is 0. The van der Waals surface area contributed by atoms with Gasteiger partial charge in [-0.2, -0.15) is 0 Å². The van der Waals surface area contributed by atoms with Crippen LogP contribution in [0.4, 0.5) is 5.69 Å². The van der Waals surface area contributed by atoms with Gasteiger partial charge in [-0.15, -0.1) is 24.8 Å². The summed E-state index contributed by atoms with van der Waals surface area (Å²) in [5.41, 5.74) is 8.66. The van der Waals surface area contributed by atoms with Crippen molar-refractivity contribution in [1.82, 2.24) is 0 Å². The van der Waals surface area contributed by atoms with Gasteiger partial charge >= 0.3 is 0 Å². The molecule has 0 bridgehead atoms. The van der Waals surface area contributed by atoms with Crippen LogP contribution in [0.3, 0.4) is 0 Å². The summed E-state index contributed by atoms with van der Waals surface area (Å²) in [5, 5.41) is 0. The number of rotatable bonds is 1. The number of nitrogens with two attached hydrogens (primary N) is 1. The third-order valence-corrected chi connectivity index (χ3v) is 2.77. The van der Waals surface area contributed by atoms with E-state index in [2.05, 4.69) is 36.1 Å². The van der Waals surface area contributed by atoms with E-state index in [1.807, 2.05) is 0 Å². The fourth-order valence-corrected chi connectivity index (χ4v) is 1.99. The number of fused-ring (bicyclic) bond motifs is 1. The summed E-state index contributed by atoms with van der Waals surface area (Å²) in [6.45, 7) is 4.35. The molecule has 1 aromatic rings. The first-order valence-electron chi connectivity index (χ1n) is 4.92. The maximum Gasteiger partial charge on any atom is 0.0414 e. The molecule has 15 heavy (non-hydrogen) atoms. The molecule has 0 radical (unpaired) electrons. The van der Waals surface area contributed by atoms with Gasteiger partial charge in [0.05, 0.1) is 0 Å². The minimum atomic E-state index is 0. The van der Waals surface area contributed by atoms with E-state index in [1.54, 1.807) is 0 Å². The number of hydrogen-bond acceptors (Lipinski definition) is 2. The van der Waals surface area contributed by atoms with Crippen molar-refractivity contribution in [3.63, 3.8) is 0 Å². The molecule has 0 aromatic heterocycles. The van der Waals surface area contributed by atoms with Crippen molar-refractivity contribution in [2.75, 3.05) is 18.0 Å². The lowest BCUT2D eigenvalue weighted by Gasteiger charge is -2.33. The fourth-order valence-electron chi connectivity index (χ4n) is 1.99. The third kappa shape index (κ3) is 2.77. The van der Waals surface area contributed by atoms with Crippen LogP contribution in [-0.4, -0.2) is 13.1 Å². The lowest BCUT2D eigenvalue weighted by atomic mass is 9.97. The predicted molar refractivity (Wildman–Crippen MR) is 70.4 cm³/mol. The van der Waals surface area contributed by atoms with Gasteiger partial charge in [-0.3, -0.25) is 0 Å². The largest absolute Gasteiger partial charge is 0.371 e. The fraction of sp³-hybridized carbons (Fsp3) is 0.455. The van der Waals surface area contributed by atoms with E-state index in [0.717, 1.165) is 19.5 Å². The Hall–Kier alpha value is -0.440. The Morgan fingerprint density at radius 3 is 2.67 bits per heavy atom. The molecule has 0 amide bonds. The molecule has 0 spiro atoms. The summed E-state index contributed by atoms with van der Waals surface area (Å²) >= 11 is 0. The average Bonchev–Trinajstić information content (AvgIpc) is 2.19. The quantitative estimate of drug-likeness (QED) is 0.829. The molecule has 0 saturated carbocycles. The number of halogens is 2. The summed E-state index contributed by atoms with van der Waals surface area (Å²) in [6.07, 6.45) is 1.07. The van der Waals surface area contributed by atoms with Gasteiger partial charge in [0.25, 0.3) is 0 Å². The summed E-state index contributed by atoms with van der Waals surface area (Å²) in [4.78, 5) is 2.39. The summed E-state index contributed by atoms with van der Waals surface area (Å²) in [6, 6.07) is 8.69.